The largest absolute Gasteiger partial charge is 0.466 e. The second-order valence-corrected chi connectivity index (χ2v) is 6.30. The first kappa shape index (κ1) is 12.1. The Morgan fingerprint density at radius 2 is 2.25 bits per heavy atom. The van der Waals surface area contributed by atoms with Crippen LogP contribution in [0.4, 0.5) is 0 Å². The van der Waals surface area contributed by atoms with Gasteiger partial charge in [0.05, 0.1) is 0 Å². The molecule has 0 aliphatic carbocycles. The van der Waals surface area contributed by atoms with Gasteiger partial charge in [-0.15, -0.1) is 0 Å². The van der Waals surface area contributed by atoms with Crippen molar-refractivity contribution in [2.24, 2.45) is 0 Å². The molecule has 16 heavy (non-hydrogen) atoms. The highest BCUT2D eigenvalue weighted by atomic mass is 32.2. The standard InChI is InChI=1S/C13H21NOS/c1-8-5-13(11(4)15-8)10(3)14-12-6-9(2)16-7-12/h5,9-10,12,14H,6-7H2,1-4H3. The van der Waals surface area contributed by atoms with Crippen LogP contribution in [0.1, 0.15) is 43.4 Å². The number of hydrogen-bond acceptors (Lipinski definition) is 3. The van der Waals surface area contributed by atoms with Crippen molar-refractivity contribution in [1.82, 2.24) is 5.32 Å². The summed E-state index contributed by atoms with van der Waals surface area (Å²) in [4.78, 5) is 0. The van der Waals surface area contributed by atoms with Crippen LogP contribution in [0, 0.1) is 13.8 Å². The van der Waals surface area contributed by atoms with Crippen molar-refractivity contribution < 1.29 is 4.42 Å². The van der Waals surface area contributed by atoms with Crippen LogP contribution in [0.25, 0.3) is 0 Å². The molecule has 1 fully saturated rings. The van der Waals surface area contributed by atoms with Crippen LogP contribution >= 0.6 is 11.8 Å². The van der Waals surface area contributed by atoms with Crippen molar-refractivity contribution in [2.75, 3.05) is 5.75 Å². The molecule has 2 rings (SSSR count). The summed E-state index contributed by atoms with van der Waals surface area (Å²) in [7, 11) is 0. The Balaban J connectivity index is 1.97. The van der Waals surface area contributed by atoms with Gasteiger partial charge in [-0.25, -0.2) is 0 Å². The van der Waals surface area contributed by atoms with Crippen LogP contribution in [-0.2, 0) is 0 Å². The van der Waals surface area contributed by atoms with Crippen molar-refractivity contribution in [3.05, 3.63) is 23.2 Å². The van der Waals surface area contributed by atoms with Crippen molar-refractivity contribution in [1.29, 1.82) is 0 Å². The van der Waals surface area contributed by atoms with Crippen LogP contribution in [0.15, 0.2) is 10.5 Å². The van der Waals surface area contributed by atoms with E-state index in [9.17, 15) is 0 Å². The maximum absolute atomic E-state index is 5.58. The molecule has 3 atom stereocenters. The Bertz CT molecular complexity index is 361. The van der Waals surface area contributed by atoms with Crippen LogP contribution in [0.2, 0.25) is 0 Å². The quantitative estimate of drug-likeness (QED) is 0.874. The molecule has 0 saturated carbocycles. The number of furan rings is 1. The van der Waals surface area contributed by atoms with E-state index in [1.165, 1.54) is 17.7 Å². The van der Waals surface area contributed by atoms with Gasteiger partial charge in [0.15, 0.2) is 0 Å². The van der Waals surface area contributed by atoms with E-state index in [4.69, 9.17) is 4.42 Å². The van der Waals surface area contributed by atoms with Gasteiger partial charge in [0.1, 0.15) is 11.5 Å². The summed E-state index contributed by atoms with van der Waals surface area (Å²) in [6.07, 6.45) is 1.28. The first-order chi connectivity index (χ1) is 7.56. The molecule has 1 aliphatic rings. The average molecular weight is 239 g/mol. The molecule has 2 nitrogen and oxygen atoms in total. The predicted octanol–water partition coefficient (Wildman–Crippen LogP) is 3.44. The molecule has 1 aromatic heterocycles. The number of nitrogens with one attached hydrogen (secondary N) is 1. The lowest BCUT2D eigenvalue weighted by Gasteiger charge is -2.18. The fourth-order valence-electron chi connectivity index (χ4n) is 2.46. The van der Waals surface area contributed by atoms with E-state index >= 15 is 0 Å². The predicted molar refractivity (Wildman–Crippen MR) is 70.1 cm³/mol. The van der Waals surface area contributed by atoms with E-state index in [0.717, 1.165) is 16.8 Å². The Labute approximate surface area is 102 Å². The summed E-state index contributed by atoms with van der Waals surface area (Å²) < 4.78 is 5.58. The Morgan fingerprint density at radius 3 is 2.75 bits per heavy atom. The van der Waals surface area contributed by atoms with Crippen molar-refractivity contribution in [3.63, 3.8) is 0 Å². The van der Waals surface area contributed by atoms with Crippen LogP contribution in [0.3, 0.4) is 0 Å². The molecule has 1 aromatic rings. The molecule has 1 saturated heterocycles. The minimum atomic E-state index is 0.397. The maximum atomic E-state index is 5.58. The van der Waals surface area contributed by atoms with Gasteiger partial charge in [0, 0.05) is 28.6 Å². The van der Waals surface area contributed by atoms with E-state index in [1.807, 2.05) is 13.8 Å². The molecule has 90 valence electrons. The zero-order chi connectivity index (χ0) is 11.7. The fraction of sp³-hybridized carbons (Fsp3) is 0.692. The highest BCUT2D eigenvalue weighted by molar-refractivity contribution is 8.00. The minimum Gasteiger partial charge on any atom is -0.466 e. The molecular formula is C13H21NOS. The maximum Gasteiger partial charge on any atom is 0.105 e. The number of aryl methyl sites for hydroxylation is 2. The molecule has 0 bridgehead atoms. The fourth-order valence-corrected chi connectivity index (χ4v) is 3.62. The highest BCUT2D eigenvalue weighted by Crippen LogP contribution is 2.29. The lowest BCUT2D eigenvalue weighted by atomic mass is 10.1. The second-order valence-electron chi connectivity index (χ2n) is 4.83. The zero-order valence-corrected chi connectivity index (χ0v) is 11.4. The molecule has 2 heterocycles. The molecule has 1 N–H and O–H groups in total. The van der Waals surface area contributed by atoms with Gasteiger partial charge in [0.2, 0.25) is 0 Å². The van der Waals surface area contributed by atoms with Gasteiger partial charge in [-0.2, -0.15) is 11.8 Å². The van der Waals surface area contributed by atoms with Crippen molar-refractivity contribution in [3.8, 4) is 0 Å². The summed E-state index contributed by atoms with van der Waals surface area (Å²) >= 11 is 2.07. The summed E-state index contributed by atoms with van der Waals surface area (Å²) in [5.41, 5.74) is 1.31. The molecule has 0 radical (unpaired) electrons. The first-order valence-electron chi connectivity index (χ1n) is 6.01. The summed E-state index contributed by atoms with van der Waals surface area (Å²) in [6.45, 7) is 8.60. The summed E-state index contributed by atoms with van der Waals surface area (Å²) in [5.74, 6) is 3.30. The van der Waals surface area contributed by atoms with Gasteiger partial charge < -0.3 is 9.73 Å². The Kier molecular flexibility index (Phi) is 3.65. The van der Waals surface area contributed by atoms with Gasteiger partial charge in [-0.1, -0.05) is 6.92 Å². The van der Waals surface area contributed by atoms with E-state index in [2.05, 4.69) is 37.0 Å². The number of hydrogen-bond donors (Lipinski definition) is 1. The Hall–Kier alpha value is -0.410. The Morgan fingerprint density at radius 1 is 1.50 bits per heavy atom. The molecule has 0 aromatic carbocycles. The molecule has 0 spiro atoms. The van der Waals surface area contributed by atoms with Crippen LogP contribution in [0.5, 0.6) is 0 Å². The SMILES string of the molecule is Cc1cc(C(C)NC2CSC(C)C2)c(C)o1. The zero-order valence-electron chi connectivity index (χ0n) is 10.5. The normalized spacial score (nSPS) is 27.2. The van der Waals surface area contributed by atoms with Gasteiger partial charge in [-0.3, -0.25) is 0 Å². The third-order valence-electron chi connectivity index (χ3n) is 3.23. The minimum absolute atomic E-state index is 0.397. The van der Waals surface area contributed by atoms with Crippen molar-refractivity contribution in [2.45, 2.75) is 51.4 Å². The smallest absolute Gasteiger partial charge is 0.105 e. The van der Waals surface area contributed by atoms with E-state index < -0.39 is 0 Å². The van der Waals surface area contributed by atoms with E-state index in [1.54, 1.807) is 0 Å². The lowest BCUT2D eigenvalue weighted by molar-refractivity contribution is 0.458. The molecular weight excluding hydrogens is 218 g/mol. The number of rotatable bonds is 3. The topological polar surface area (TPSA) is 25.2 Å². The van der Waals surface area contributed by atoms with Gasteiger partial charge in [-0.05, 0) is 33.3 Å². The first-order valence-corrected chi connectivity index (χ1v) is 7.05. The summed E-state index contributed by atoms with van der Waals surface area (Å²) in [6, 6.07) is 3.20. The average Bonchev–Trinajstić information content (AvgIpc) is 2.73. The highest BCUT2D eigenvalue weighted by Gasteiger charge is 2.24. The molecule has 3 heteroatoms. The lowest BCUT2D eigenvalue weighted by Crippen LogP contribution is -2.31. The molecule has 0 amide bonds. The van der Waals surface area contributed by atoms with Gasteiger partial charge in [0.25, 0.3) is 0 Å². The van der Waals surface area contributed by atoms with Crippen LogP contribution < -0.4 is 5.32 Å². The van der Waals surface area contributed by atoms with E-state index in [0.29, 0.717) is 12.1 Å². The third-order valence-corrected chi connectivity index (χ3v) is 4.59. The van der Waals surface area contributed by atoms with Gasteiger partial charge >= 0.3 is 0 Å². The third kappa shape index (κ3) is 2.64. The second kappa shape index (κ2) is 4.84. The molecule has 1 aliphatic heterocycles. The monoisotopic (exact) mass is 239 g/mol. The molecule has 3 unspecified atom stereocenters. The van der Waals surface area contributed by atoms with E-state index in [-0.39, 0.29) is 0 Å². The number of thioether (sulfide) groups is 1. The van der Waals surface area contributed by atoms with Crippen LogP contribution in [-0.4, -0.2) is 17.0 Å². The summed E-state index contributed by atoms with van der Waals surface area (Å²) in [5, 5.41) is 4.50. The van der Waals surface area contributed by atoms with Crippen molar-refractivity contribution >= 4 is 11.8 Å².